The number of benzene rings is 2. The Labute approximate surface area is 115 Å². The molecule has 2 N–H and O–H groups in total. The fourth-order valence-electron chi connectivity index (χ4n) is 1.88. The third-order valence-corrected chi connectivity index (χ3v) is 3.97. The molecular weight excluding hydrogens is 288 g/mol. The predicted octanol–water partition coefficient (Wildman–Crippen LogP) is 2.34. The van der Waals surface area contributed by atoms with Crippen molar-refractivity contribution in [3.63, 3.8) is 0 Å². The van der Waals surface area contributed by atoms with Crippen molar-refractivity contribution in [3.05, 3.63) is 41.4 Å². The van der Waals surface area contributed by atoms with Crippen molar-refractivity contribution in [1.82, 2.24) is 0 Å². The molecule has 2 rings (SSSR count). The lowest BCUT2D eigenvalue weighted by atomic mass is 10.1. The van der Waals surface area contributed by atoms with Gasteiger partial charge in [-0.1, -0.05) is 35.9 Å². The normalized spacial score (nSPS) is 11.5. The number of anilines is 1. The summed E-state index contributed by atoms with van der Waals surface area (Å²) in [5.41, 5.74) is 5.35. The second-order valence-electron chi connectivity index (χ2n) is 3.98. The maximum Gasteiger partial charge on any atom is 0.333 e. The summed E-state index contributed by atoms with van der Waals surface area (Å²) in [4.78, 5) is 11.4. The zero-order valence-electron chi connectivity index (χ0n) is 10.00. The first-order chi connectivity index (χ1) is 8.82. The Morgan fingerprint density at radius 1 is 1.16 bits per heavy atom. The van der Waals surface area contributed by atoms with Gasteiger partial charge in [0.15, 0.2) is 0 Å². The molecule has 0 fully saturated rings. The average molecular weight is 299 g/mol. The molecule has 5 nitrogen and oxygen atoms in total. The van der Waals surface area contributed by atoms with E-state index >= 15 is 0 Å². The molecule has 0 aliphatic rings. The third-order valence-electron chi connectivity index (χ3n) is 2.60. The number of carbonyl (C=O) groups excluding carboxylic acids is 1. The van der Waals surface area contributed by atoms with Gasteiger partial charge in [-0.2, -0.15) is 4.31 Å². The van der Waals surface area contributed by atoms with E-state index in [1.54, 1.807) is 24.3 Å². The molecule has 100 valence electrons. The fraction of sp³-hybridized carbons (Fsp3) is 0.0833. The van der Waals surface area contributed by atoms with Gasteiger partial charge in [0, 0.05) is 15.8 Å². The number of sulfonamides is 1. The summed E-state index contributed by atoms with van der Waals surface area (Å²) < 4.78 is 23.9. The number of carbonyl (C=O) groups is 1. The average Bonchev–Trinajstić information content (AvgIpc) is 2.31. The van der Waals surface area contributed by atoms with Crippen LogP contribution in [0.25, 0.3) is 10.8 Å². The smallest absolute Gasteiger partial charge is 0.333 e. The van der Waals surface area contributed by atoms with E-state index in [-0.39, 0.29) is 5.69 Å². The van der Waals surface area contributed by atoms with Crippen LogP contribution in [0.3, 0.4) is 0 Å². The molecule has 0 aromatic heterocycles. The number of halogens is 1. The number of nitrogens with zero attached hydrogens (tertiary/aromatic N) is 1. The quantitative estimate of drug-likeness (QED) is 0.924. The summed E-state index contributed by atoms with van der Waals surface area (Å²) in [5.74, 6) is 0. The van der Waals surface area contributed by atoms with Crippen LogP contribution in [0.2, 0.25) is 5.02 Å². The van der Waals surface area contributed by atoms with Crippen molar-refractivity contribution in [3.8, 4) is 0 Å². The molecule has 2 amide bonds. The topological polar surface area (TPSA) is 80.5 Å². The van der Waals surface area contributed by atoms with Crippen molar-refractivity contribution in [2.24, 2.45) is 5.73 Å². The van der Waals surface area contributed by atoms with Crippen LogP contribution in [0.15, 0.2) is 36.4 Å². The zero-order chi connectivity index (χ0) is 14.2. The van der Waals surface area contributed by atoms with Gasteiger partial charge in [-0.05, 0) is 12.1 Å². The Balaban J connectivity index is 2.82. The highest BCUT2D eigenvalue weighted by Crippen LogP contribution is 2.32. The Hall–Kier alpha value is -1.79. The van der Waals surface area contributed by atoms with Crippen molar-refractivity contribution in [2.45, 2.75) is 0 Å². The first kappa shape index (κ1) is 13.6. The molecule has 19 heavy (non-hydrogen) atoms. The summed E-state index contributed by atoms with van der Waals surface area (Å²) in [7, 11) is -3.81. The molecule has 0 spiro atoms. The number of nitrogens with two attached hydrogens (primary N) is 1. The fourth-order valence-corrected chi connectivity index (χ4v) is 2.96. The Morgan fingerprint density at radius 3 is 2.26 bits per heavy atom. The SMILES string of the molecule is CS(=O)(=O)N(C(N)=O)c1ccc(Cl)c2ccccc12. The maximum absolute atomic E-state index is 11.7. The lowest BCUT2D eigenvalue weighted by Gasteiger charge is -2.20. The molecule has 2 aromatic carbocycles. The number of hydrogen-bond acceptors (Lipinski definition) is 3. The summed E-state index contributed by atoms with van der Waals surface area (Å²) in [6, 6.07) is 8.84. The lowest BCUT2D eigenvalue weighted by molar-refractivity contribution is 0.257. The van der Waals surface area contributed by atoms with Crippen molar-refractivity contribution < 1.29 is 13.2 Å². The number of amides is 2. The molecule has 0 heterocycles. The van der Waals surface area contributed by atoms with Crippen LogP contribution in [0.5, 0.6) is 0 Å². The minimum atomic E-state index is -3.81. The molecule has 0 aliphatic heterocycles. The van der Waals surface area contributed by atoms with Gasteiger partial charge in [-0.15, -0.1) is 0 Å². The summed E-state index contributed by atoms with van der Waals surface area (Å²) >= 11 is 6.04. The van der Waals surface area contributed by atoms with Gasteiger partial charge in [-0.3, -0.25) is 0 Å². The molecule has 7 heteroatoms. The molecule has 2 aromatic rings. The Bertz CT molecular complexity index is 759. The predicted molar refractivity (Wildman–Crippen MR) is 75.9 cm³/mol. The maximum atomic E-state index is 11.7. The first-order valence-electron chi connectivity index (χ1n) is 5.29. The van der Waals surface area contributed by atoms with Crippen LogP contribution >= 0.6 is 11.6 Å². The molecule has 0 saturated heterocycles. The van der Waals surface area contributed by atoms with Gasteiger partial charge >= 0.3 is 6.03 Å². The van der Waals surface area contributed by atoms with E-state index in [0.29, 0.717) is 20.1 Å². The van der Waals surface area contributed by atoms with E-state index in [9.17, 15) is 13.2 Å². The summed E-state index contributed by atoms with van der Waals surface area (Å²) in [6.07, 6.45) is 0.918. The molecule has 0 unspecified atom stereocenters. The Kier molecular flexibility index (Phi) is 3.38. The molecule has 0 saturated carbocycles. The van der Waals surface area contributed by atoms with E-state index in [1.807, 2.05) is 0 Å². The summed E-state index contributed by atoms with van der Waals surface area (Å²) in [5, 5.41) is 1.66. The van der Waals surface area contributed by atoms with Gasteiger partial charge < -0.3 is 5.73 Å². The van der Waals surface area contributed by atoms with Crippen LogP contribution in [-0.2, 0) is 10.0 Å². The third kappa shape index (κ3) is 2.50. The monoisotopic (exact) mass is 298 g/mol. The van der Waals surface area contributed by atoms with Crippen LogP contribution in [0.1, 0.15) is 0 Å². The minimum Gasteiger partial charge on any atom is -0.350 e. The van der Waals surface area contributed by atoms with Gasteiger partial charge in [0.25, 0.3) is 0 Å². The molecular formula is C12H11ClN2O3S. The first-order valence-corrected chi connectivity index (χ1v) is 7.52. The largest absolute Gasteiger partial charge is 0.350 e. The number of urea groups is 1. The van der Waals surface area contributed by atoms with Gasteiger partial charge in [-0.25, -0.2) is 13.2 Å². The number of rotatable bonds is 2. The highest BCUT2D eigenvalue weighted by molar-refractivity contribution is 7.92. The second-order valence-corrected chi connectivity index (χ2v) is 6.22. The van der Waals surface area contributed by atoms with Crippen LogP contribution < -0.4 is 10.0 Å². The number of fused-ring (bicyclic) bond motifs is 1. The van der Waals surface area contributed by atoms with Crippen molar-refractivity contribution in [2.75, 3.05) is 10.6 Å². The number of primary amides is 1. The van der Waals surface area contributed by atoms with Gasteiger partial charge in [0.05, 0.1) is 11.9 Å². The second kappa shape index (κ2) is 4.71. The Morgan fingerprint density at radius 2 is 1.74 bits per heavy atom. The minimum absolute atomic E-state index is 0.190. The lowest BCUT2D eigenvalue weighted by Crippen LogP contribution is -2.40. The highest BCUT2D eigenvalue weighted by Gasteiger charge is 2.25. The standard InChI is InChI=1S/C12H11ClN2O3S/c1-19(17,18)15(12(14)16)11-7-6-10(13)8-4-2-3-5-9(8)11/h2-7H,1H3,(H2,14,16). The van der Waals surface area contributed by atoms with E-state index in [2.05, 4.69) is 0 Å². The van der Waals surface area contributed by atoms with E-state index in [1.165, 1.54) is 12.1 Å². The number of hydrogen-bond donors (Lipinski definition) is 1. The highest BCUT2D eigenvalue weighted by atomic mass is 35.5. The zero-order valence-corrected chi connectivity index (χ0v) is 11.6. The van der Waals surface area contributed by atoms with Gasteiger partial charge in [0.1, 0.15) is 0 Å². The van der Waals surface area contributed by atoms with Crippen molar-refractivity contribution >= 4 is 44.1 Å². The molecule has 0 radical (unpaired) electrons. The molecule has 0 bridgehead atoms. The molecule has 0 aliphatic carbocycles. The van der Waals surface area contributed by atoms with E-state index < -0.39 is 16.1 Å². The molecule has 0 atom stereocenters. The van der Waals surface area contributed by atoms with E-state index in [0.717, 1.165) is 6.26 Å². The van der Waals surface area contributed by atoms with E-state index in [4.69, 9.17) is 17.3 Å². The van der Waals surface area contributed by atoms with Crippen LogP contribution in [0.4, 0.5) is 10.5 Å². The van der Waals surface area contributed by atoms with Gasteiger partial charge in [0.2, 0.25) is 10.0 Å². The van der Waals surface area contributed by atoms with Crippen LogP contribution in [-0.4, -0.2) is 20.7 Å². The van der Waals surface area contributed by atoms with Crippen LogP contribution in [0, 0.1) is 0 Å². The van der Waals surface area contributed by atoms with Crippen molar-refractivity contribution in [1.29, 1.82) is 0 Å². The summed E-state index contributed by atoms with van der Waals surface area (Å²) in [6.45, 7) is 0.